The van der Waals surface area contributed by atoms with E-state index < -0.39 is 0 Å². The molecule has 0 spiro atoms. The Hall–Kier alpha value is -2.65. The number of anilines is 1. The van der Waals surface area contributed by atoms with E-state index in [1.54, 1.807) is 11.3 Å². The number of fused-ring (bicyclic) bond motifs is 1. The first-order chi connectivity index (χ1) is 11.3. The number of para-hydroxylation sites is 1. The molecule has 0 bridgehead atoms. The van der Waals surface area contributed by atoms with E-state index in [4.69, 9.17) is 0 Å². The van der Waals surface area contributed by atoms with Crippen LogP contribution >= 0.6 is 11.3 Å². The van der Waals surface area contributed by atoms with Gasteiger partial charge in [-0.2, -0.15) is 11.3 Å². The molecule has 3 heteroatoms. The Balaban J connectivity index is 1.76. The van der Waals surface area contributed by atoms with Crippen LogP contribution in [0.25, 0.3) is 11.6 Å². The molecule has 2 nitrogen and oxygen atoms in total. The van der Waals surface area contributed by atoms with Gasteiger partial charge in [-0.05, 0) is 40.1 Å². The number of rotatable bonds is 3. The Morgan fingerprint density at radius 2 is 1.74 bits per heavy atom. The van der Waals surface area contributed by atoms with Crippen molar-refractivity contribution in [3.8, 4) is 0 Å². The van der Waals surface area contributed by atoms with Gasteiger partial charge in [-0.1, -0.05) is 48.5 Å². The highest BCUT2D eigenvalue weighted by Crippen LogP contribution is 2.38. The average Bonchev–Trinajstić information content (AvgIpc) is 3.19. The molecule has 0 saturated carbocycles. The molecule has 1 aliphatic rings. The first-order valence-corrected chi connectivity index (χ1v) is 8.46. The fraction of sp³-hybridized carbons (Fsp3) is 0.0500. The van der Waals surface area contributed by atoms with E-state index >= 15 is 0 Å². The summed E-state index contributed by atoms with van der Waals surface area (Å²) in [4.78, 5) is 14.8. The smallest absolute Gasteiger partial charge is 0.259 e. The molecule has 0 aliphatic carbocycles. The molecule has 1 aliphatic heterocycles. The Labute approximate surface area is 139 Å². The third-order valence-electron chi connectivity index (χ3n) is 4.00. The van der Waals surface area contributed by atoms with Crippen molar-refractivity contribution >= 4 is 34.6 Å². The molecule has 0 unspecified atom stereocenters. The zero-order chi connectivity index (χ0) is 15.6. The third-order valence-corrected chi connectivity index (χ3v) is 4.70. The van der Waals surface area contributed by atoms with Gasteiger partial charge in [-0.25, -0.2) is 0 Å². The maximum Gasteiger partial charge on any atom is 0.259 e. The minimum absolute atomic E-state index is 0.0706. The first kappa shape index (κ1) is 14.0. The number of benzene rings is 2. The predicted molar refractivity (Wildman–Crippen MR) is 96.3 cm³/mol. The molecule has 4 rings (SSSR count). The zero-order valence-corrected chi connectivity index (χ0v) is 13.3. The maximum absolute atomic E-state index is 13.0. The van der Waals surface area contributed by atoms with Crippen LogP contribution in [0.5, 0.6) is 0 Å². The molecule has 0 radical (unpaired) electrons. The third kappa shape index (κ3) is 2.60. The molecule has 112 valence electrons. The topological polar surface area (TPSA) is 20.3 Å². The van der Waals surface area contributed by atoms with Crippen molar-refractivity contribution in [1.29, 1.82) is 0 Å². The van der Waals surface area contributed by atoms with Crippen LogP contribution in [0, 0.1) is 0 Å². The lowest BCUT2D eigenvalue weighted by Crippen LogP contribution is -2.25. The Morgan fingerprint density at radius 3 is 2.52 bits per heavy atom. The van der Waals surface area contributed by atoms with Crippen LogP contribution in [0.1, 0.15) is 16.7 Å². The fourth-order valence-electron chi connectivity index (χ4n) is 2.89. The van der Waals surface area contributed by atoms with Gasteiger partial charge in [0.1, 0.15) is 0 Å². The molecule has 1 aromatic heterocycles. The summed E-state index contributed by atoms with van der Waals surface area (Å²) in [7, 11) is 0. The summed E-state index contributed by atoms with van der Waals surface area (Å²) < 4.78 is 0. The van der Waals surface area contributed by atoms with Crippen molar-refractivity contribution in [2.24, 2.45) is 0 Å². The van der Waals surface area contributed by atoms with Gasteiger partial charge in [0.15, 0.2) is 0 Å². The second kappa shape index (κ2) is 5.86. The van der Waals surface area contributed by atoms with Gasteiger partial charge < -0.3 is 4.90 Å². The van der Waals surface area contributed by atoms with E-state index in [0.717, 1.165) is 28.0 Å². The van der Waals surface area contributed by atoms with Crippen molar-refractivity contribution in [2.75, 3.05) is 4.90 Å². The molecule has 1 amide bonds. The van der Waals surface area contributed by atoms with Crippen molar-refractivity contribution < 1.29 is 4.79 Å². The highest BCUT2D eigenvalue weighted by molar-refractivity contribution is 7.08. The van der Waals surface area contributed by atoms with Crippen molar-refractivity contribution in [3.05, 3.63) is 88.1 Å². The van der Waals surface area contributed by atoms with Crippen molar-refractivity contribution in [2.45, 2.75) is 6.54 Å². The van der Waals surface area contributed by atoms with Gasteiger partial charge in [-0.15, -0.1) is 0 Å². The molecule has 3 aromatic rings. The van der Waals surface area contributed by atoms with E-state index in [9.17, 15) is 4.79 Å². The summed E-state index contributed by atoms with van der Waals surface area (Å²) >= 11 is 1.64. The second-order valence-corrected chi connectivity index (χ2v) is 6.29. The molecular formula is C20H15NOS. The average molecular weight is 317 g/mol. The van der Waals surface area contributed by atoms with Crippen LogP contribution in [0.2, 0.25) is 0 Å². The Bertz CT molecular complexity index is 866. The van der Waals surface area contributed by atoms with Crippen molar-refractivity contribution in [3.63, 3.8) is 0 Å². The normalized spacial score (nSPS) is 15.2. The first-order valence-electron chi connectivity index (χ1n) is 7.52. The van der Waals surface area contributed by atoms with Crippen LogP contribution in [-0.2, 0) is 11.3 Å². The molecule has 0 N–H and O–H groups in total. The molecule has 0 fully saturated rings. The van der Waals surface area contributed by atoms with E-state index in [2.05, 4.69) is 17.5 Å². The lowest BCUT2D eigenvalue weighted by molar-refractivity contribution is -0.113. The largest absolute Gasteiger partial charge is 0.303 e. The minimum atomic E-state index is 0.0706. The number of thiophene rings is 1. The zero-order valence-electron chi connectivity index (χ0n) is 12.5. The molecule has 23 heavy (non-hydrogen) atoms. The monoisotopic (exact) mass is 317 g/mol. The van der Waals surface area contributed by atoms with Gasteiger partial charge in [0.2, 0.25) is 0 Å². The summed E-state index contributed by atoms with van der Waals surface area (Å²) in [5.74, 6) is 0.0706. The van der Waals surface area contributed by atoms with Gasteiger partial charge in [0.05, 0.1) is 12.2 Å². The Morgan fingerprint density at radius 1 is 0.957 bits per heavy atom. The predicted octanol–water partition coefficient (Wildman–Crippen LogP) is 4.84. The molecule has 0 atom stereocenters. The number of nitrogens with zero attached hydrogens (tertiary/aromatic N) is 1. The lowest BCUT2D eigenvalue weighted by Gasteiger charge is -2.17. The summed E-state index contributed by atoms with van der Waals surface area (Å²) in [5, 5.41) is 4.09. The van der Waals surface area contributed by atoms with E-state index in [-0.39, 0.29) is 5.91 Å². The highest BCUT2D eigenvalue weighted by Gasteiger charge is 2.31. The fourth-order valence-corrected chi connectivity index (χ4v) is 3.51. The van der Waals surface area contributed by atoms with Gasteiger partial charge >= 0.3 is 0 Å². The number of hydrogen-bond acceptors (Lipinski definition) is 2. The highest BCUT2D eigenvalue weighted by atomic mass is 32.1. The van der Waals surface area contributed by atoms with Gasteiger partial charge in [0.25, 0.3) is 5.91 Å². The number of carbonyl (C=O) groups is 1. The van der Waals surface area contributed by atoms with Crippen LogP contribution in [0.4, 0.5) is 5.69 Å². The number of carbonyl (C=O) groups excluding carboxylic acids is 1. The second-order valence-electron chi connectivity index (χ2n) is 5.51. The number of hydrogen-bond donors (Lipinski definition) is 0. The molecule has 2 heterocycles. The minimum Gasteiger partial charge on any atom is -0.303 e. The van der Waals surface area contributed by atoms with Crippen molar-refractivity contribution in [1.82, 2.24) is 0 Å². The molecular weight excluding hydrogens is 302 g/mol. The molecule has 0 saturated heterocycles. The standard InChI is InChI=1S/C20H15NOS/c22-20-18(12-16-10-11-23-14-16)17-8-4-5-9-19(17)21(20)13-15-6-2-1-3-7-15/h1-12,14H,13H2/b18-12+. The Kier molecular flexibility index (Phi) is 3.56. The SMILES string of the molecule is O=C1/C(=C/c2ccsc2)c2ccccc2N1Cc1ccccc1. The van der Waals surface area contributed by atoms with E-state index in [1.807, 2.05) is 64.9 Å². The van der Waals surface area contributed by atoms with Crippen LogP contribution in [-0.4, -0.2) is 5.91 Å². The van der Waals surface area contributed by atoms with E-state index in [1.165, 1.54) is 0 Å². The quantitative estimate of drug-likeness (QED) is 0.633. The van der Waals surface area contributed by atoms with Crippen LogP contribution in [0.3, 0.4) is 0 Å². The van der Waals surface area contributed by atoms with Gasteiger partial charge in [0, 0.05) is 11.1 Å². The van der Waals surface area contributed by atoms with E-state index in [0.29, 0.717) is 6.54 Å². The summed E-state index contributed by atoms with van der Waals surface area (Å²) in [6.45, 7) is 0.595. The summed E-state index contributed by atoms with van der Waals surface area (Å²) in [6, 6.07) is 20.2. The summed E-state index contributed by atoms with van der Waals surface area (Å²) in [5.41, 5.74) is 4.99. The number of amides is 1. The van der Waals surface area contributed by atoms with Crippen LogP contribution in [0.15, 0.2) is 71.4 Å². The van der Waals surface area contributed by atoms with Gasteiger partial charge in [-0.3, -0.25) is 4.79 Å². The summed E-state index contributed by atoms with van der Waals surface area (Å²) in [6.07, 6.45) is 1.99. The molecule has 2 aromatic carbocycles. The maximum atomic E-state index is 13.0. The lowest BCUT2D eigenvalue weighted by atomic mass is 10.1. The van der Waals surface area contributed by atoms with Crippen LogP contribution < -0.4 is 4.90 Å².